The smallest absolute Gasteiger partial charge is 0.243 e. The SMILES string of the molecule is CC1CN(C)CCN1S(=O)(=O)c1ccc(Cl)c(CN)c1. The first-order valence-electron chi connectivity index (χ1n) is 6.55. The van der Waals surface area contributed by atoms with Crippen molar-refractivity contribution in [2.24, 2.45) is 5.73 Å². The molecule has 1 aliphatic rings. The van der Waals surface area contributed by atoms with E-state index in [1.54, 1.807) is 22.5 Å². The molecule has 1 atom stereocenters. The monoisotopic (exact) mass is 317 g/mol. The molecule has 0 aliphatic carbocycles. The Labute approximate surface area is 125 Å². The zero-order valence-electron chi connectivity index (χ0n) is 11.7. The Kier molecular flexibility index (Phi) is 4.71. The van der Waals surface area contributed by atoms with Crippen LogP contribution in [0.5, 0.6) is 0 Å². The number of nitrogens with two attached hydrogens (primary N) is 1. The summed E-state index contributed by atoms with van der Waals surface area (Å²) in [5.74, 6) is 0. The molecular formula is C13H20ClN3O2S. The molecule has 0 radical (unpaired) electrons. The molecule has 1 aromatic rings. The number of piperazine rings is 1. The number of sulfonamides is 1. The van der Waals surface area contributed by atoms with Gasteiger partial charge >= 0.3 is 0 Å². The highest BCUT2D eigenvalue weighted by molar-refractivity contribution is 7.89. The van der Waals surface area contributed by atoms with Crippen LogP contribution in [0.3, 0.4) is 0 Å². The average Bonchev–Trinajstić information content (AvgIpc) is 2.38. The van der Waals surface area contributed by atoms with Gasteiger partial charge in [0.25, 0.3) is 0 Å². The molecular weight excluding hydrogens is 298 g/mol. The third kappa shape index (κ3) is 2.99. The summed E-state index contributed by atoms with van der Waals surface area (Å²) in [4.78, 5) is 2.39. The first-order chi connectivity index (χ1) is 9.36. The van der Waals surface area contributed by atoms with Crippen LogP contribution in [0.1, 0.15) is 12.5 Å². The van der Waals surface area contributed by atoms with Crippen LogP contribution in [-0.4, -0.2) is 50.3 Å². The molecule has 0 spiro atoms. The van der Waals surface area contributed by atoms with Gasteiger partial charge in [-0.15, -0.1) is 0 Å². The van der Waals surface area contributed by atoms with E-state index >= 15 is 0 Å². The van der Waals surface area contributed by atoms with Crippen LogP contribution in [0.4, 0.5) is 0 Å². The van der Waals surface area contributed by atoms with Gasteiger partial charge in [0, 0.05) is 37.2 Å². The van der Waals surface area contributed by atoms with Gasteiger partial charge in [-0.25, -0.2) is 8.42 Å². The Morgan fingerprint density at radius 1 is 1.40 bits per heavy atom. The topological polar surface area (TPSA) is 66.6 Å². The van der Waals surface area contributed by atoms with Crippen molar-refractivity contribution in [3.8, 4) is 0 Å². The summed E-state index contributed by atoms with van der Waals surface area (Å²) in [6, 6.07) is 4.66. The highest BCUT2D eigenvalue weighted by Gasteiger charge is 2.32. The van der Waals surface area contributed by atoms with Gasteiger partial charge in [0.15, 0.2) is 0 Å². The quantitative estimate of drug-likeness (QED) is 0.907. The van der Waals surface area contributed by atoms with Crippen LogP contribution >= 0.6 is 11.6 Å². The lowest BCUT2D eigenvalue weighted by Crippen LogP contribution is -2.52. The predicted molar refractivity (Wildman–Crippen MR) is 80.2 cm³/mol. The summed E-state index contributed by atoms with van der Waals surface area (Å²) < 4.78 is 27.0. The van der Waals surface area contributed by atoms with Gasteiger partial charge in [-0.2, -0.15) is 4.31 Å². The van der Waals surface area contributed by atoms with Crippen LogP contribution in [-0.2, 0) is 16.6 Å². The number of benzene rings is 1. The highest BCUT2D eigenvalue weighted by atomic mass is 35.5. The Morgan fingerprint density at radius 2 is 2.10 bits per heavy atom. The van der Waals surface area contributed by atoms with Gasteiger partial charge < -0.3 is 10.6 Å². The third-order valence-corrected chi connectivity index (χ3v) is 5.99. The maximum atomic E-state index is 12.7. The molecule has 1 aromatic carbocycles. The number of hydrogen-bond acceptors (Lipinski definition) is 4. The molecule has 2 N–H and O–H groups in total. The van der Waals surface area contributed by atoms with Crippen LogP contribution in [0, 0.1) is 0 Å². The highest BCUT2D eigenvalue weighted by Crippen LogP contribution is 2.25. The molecule has 0 bridgehead atoms. The van der Waals surface area contributed by atoms with Crippen molar-refractivity contribution in [1.29, 1.82) is 0 Å². The van der Waals surface area contributed by atoms with E-state index in [9.17, 15) is 8.42 Å². The van der Waals surface area contributed by atoms with E-state index in [1.165, 1.54) is 0 Å². The molecule has 5 nitrogen and oxygen atoms in total. The number of hydrogen-bond donors (Lipinski definition) is 1. The maximum Gasteiger partial charge on any atom is 0.243 e. The van der Waals surface area contributed by atoms with Crippen LogP contribution < -0.4 is 5.73 Å². The van der Waals surface area contributed by atoms with Gasteiger partial charge in [0.2, 0.25) is 10.0 Å². The molecule has 20 heavy (non-hydrogen) atoms. The lowest BCUT2D eigenvalue weighted by molar-refractivity contribution is 0.170. The first kappa shape index (κ1) is 15.7. The Morgan fingerprint density at radius 3 is 2.70 bits per heavy atom. The maximum absolute atomic E-state index is 12.7. The van der Waals surface area contributed by atoms with Gasteiger partial charge in [0.05, 0.1) is 4.90 Å². The fourth-order valence-corrected chi connectivity index (χ4v) is 4.34. The normalized spacial score (nSPS) is 22.1. The van der Waals surface area contributed by atoms with E-state index < -0.39 is 10.0 Å². The Hall–Kier alpha value is -0.660. The van der Waals surface area contributed by atoms with Crippen LogP contribution in [0.2, 0.25) is 5.02 Å². The van der Waals surface area contributed by atoms with Crippen molar-refractivity contribution >= 4 is 21.6 Å². The average molecular weight is 318 g/mol. The summed E-state index contributed by atoms with van der Waals surface area (Å²) in [5, 5.41) is 0.498. The standard InChI is InChI=1S/C13H20ClN3O2S/c1-10-9-16(2)5-6-17(10)20(18,19)12-3-4-13(14)11(7-12)8-15/h3-4,7,10H,5-6,8-9,15H2,1-2H3. The van der Waals surface area contributed by atoms with E-state index in [-0.39, 0.29) is 17.5 Å². The van der Waals surface area contributed by atoms with E-state index in [4.69, 9.17) is 17.3 Å². The summed E-state index contributed by atoms with van der Waals surface area (Å²) in [6.45, 7) is 4.12. The lowest BCUT2D eigenvalue weighted by atomic mass is 10.2. The van der Waals surface area contributed by atoms with E-state index in [0.29, 0.717) is 17.1 Å². The molecule has 1 aliphatic heterocycles. The molecule has 1 saturated heterocycles. The number of rotatable bonds is 3. The van der Waals surface area contributed by atoms with E-state index in [2.05, 4.69) is 4.90 Å². The minimum absolute atomic E-state index is 0.0456. The molecule has 7 heteroatoms. The summed E-state index contributed by atoms with van der Waals surface area (Å²) >= 11 is 5.98. The molecule has 2 rings (SSSR count). The molecule has 0 aromatic heterocycles. The molecule has 1 heterocycles. The molecule has 1 unspecified atom stereocenters. The minimum Gasteiger partial charge on any atom is -0.326 e. The number of likely N-dealkylation sites (N-methyl/N-ethyl adjacent to an activating group) is 1. The minimum atomic E-state index is -3.49. The fraction of sp³-hybridized carbons (Fsp3) is 0.538. The van der Waals surface area contributed by atoms with Gasteiger partial charge in [-0.1, -0.05) is 11.6 Å². The summed E-state index contributed by atoms with van der Waals surface area (Å²) in [5.41, 5.74) is 6.23. The molecule has 112 valence electrons. The van der Waals surface area contributed by atoms with Crippen molar-refractivity contribution in [3.63, 3.8) is 0 Å². The largest absolute Gasteiger partial charge is 0.326 e. The number of nitrogens with zero attached hydrogens (tertiary/aromatic N) is 2. The second kappa shape index (κ2) is 5.99. The first-order valence-corrected chi connectivity index (χ1v) is 8.37. The lowest BCUT2D eigenvalue weighted by Gasteiger charge is -2.37. The molecule has 1 fully saturated rings. The van der Waals surface area contributed by atoms with Crippen molar-refractivity contribution in [2.45, 2.75) is 24.4 Å². The summed E-state index contributed by atoms with van der Waals surface area (Å²) in [6.07, 6.45) is 0. The summed E-state index contributed by atoms with van der Waals surface area (Å²) in [7, 11) is -1.50. The number of halogens is 1. The van der Waals surface area contributed by atoms with Crippen molar-refractivity contribution in [3.05, 3.63) is 28.8 Å². The van der Waals surface area contributed by atoms with Crippen molar-refractivity contribution < 1.29 is 8.42 Å². The van der Waals surface area contributed by atoms with Crippen molar-refractivity contribution in [2.75, 3.05) is 26.7 Å². The Bertz CT molecular complexity index is 591. The predicted octanol–water partition coefficient (Wildman–Crippen LogP) is 1.12. The van der Waals surface area contributed by atoms with E-state index in [1.807, 2.05) is 14.0 Å². The third-order valence-electron chi connectivity index (χ3n) is 3.61. The molecule has 0 amide bonds. The van der Waals surface area contributed by atoms with Gasteiger partial charge in [-0.3, -0.25) is 0 Å². The van der Waals surface area contributed by atoms with Gasteiger partial charge in [-0.05, 0) is 37.7 Å². The van der Waals surface area contributed by atoms with Crippen molar-refractivity contribution in [1.82, 2.24) is 9.21 Å². The van der Waals surface area contributed by atoms with Gasteiger partial charge in [0.1, 0.15) is 0 Å². The second-order valence-corrected chi connectivity index (χ2v) is 7.48. The van der Waals surface area contributed by atoms with Crippen LogP contribution in [0.25, 0.3) is 0 Å². The second-order valence-electron chi connectivity index (χ2n) is 5.18. The Balaban J connectivity index is 2.35. The molecule has 0 saturated carbocycles. The zero-order valence-corrected chi connectivity index (χ0v) is 13.3. The van der Waals surface area contributed by atoms with E-state index in [0.717, 1.165) is 13.1 Å². The fourth-order valence-electron chi connectivity index (χ4n) is 2.48. The van der Waals surface area contributed by atoms with Crippen LogP contribution in [0.15, 0.2) is 23.1 Å². The zero-order chi connectivity index (χ0) is 14.9.